The Hall–Kier alpha value is -1.98. The lowest BCUT2D eigenvalue weighted by molar-refractivity contribution is -0.137. The fourth-order valence-electron chi connectivity index (χ4n) is 2.86. The Bertz CT molecular complexity index is 580. The van der Waals surface area contributed by atoms with E-state index in [0.717, 1.165) is 25.0 Å². The molecule has 1 aromatic rings. The standard InChI is InChI=1S/C17H22F2N2O2/c1-3-12(4-2)16(22)20-7-9-21(10-8-20)17(23)14-6-5-13(18)11-15(14)19/h5-6,11-12H,3-4,7-10H2,1-2H3. The normalized spacial score (nSPS) is 15.2. The fraction of sp³-hybridized carbons (Fsp3) is 0.529. The van der Waals surface area contributed by atoms with E-state index in [0.29, 0.717) is 32.2 Å². The monoisotopic (exact) mass is 324 g/mol. The molecule has 0 radical (unpaired) electrons. The first-order valence-electron chi connectivity index (χ1n) is 8.01. The van der Waals surface area contributed by atoms with Gasteiger partial charge in [-0.15, -0.1) is 0 Å². The molecule has 1 heterocycles. The Morgan fingerprint density at radius 2 is 1.61 bits per heavy atom. The minimum absolute atomic E-state index is 0.0202. The van der Waals surface area contributed by atoms with Crippen LogP contribution < -0.4 is 0 Å². The molecule has 1 aliphatic heterocycles. The quantitative estimate of drug-likeness (QED) is 0.854. The summed E-state index contributed by atoms with van der Waals surface area (Å²) in [5.74, 6) is -1.89. The zero-order valence-corrected chi connectivity index (χ0v) is 13.5. The molecular weight excluding hydrogens is 302 g/mol. The van der Waals surface area contributed by atoms with Gasteiger partial charge >= 0.3 is 0 Å². The molecule has 2 rings (SSSR count). The molecule has 0 atom stereocenters. The first-order valence-corrected chi connectivity index (χ1v) is 8.01. The summed E-state index contributed by atoms with van der Waals surface area (Å²) < 4.78 is 26.6. The first-order chi connectivity index (χ1) is 11.0. The zero-order chi connectivity index (χ0) is 17.0. The van der Waals surface area contributed by atoms with E-state index in [1.54, 1.807) is 4.90 Å². The van der Waals surface area contributed by atoms with Gasteiger partial charge in [0, 0.05) is 38.2 Å². The Balaban J connectivity index is 1.98. The summed E-state index contributed by atoms with van der Waals surface area (Å²) in [4.78, 5) is 27.9. The number of carbonyl (C=O) groups excluding carboxylic acids is 2. The molecule has 126 valence electrons. The lowest BCUT2D eigenvalue weighted by atomic mass is 10.0. The number of rotatable bonds is 4. The maximum absolute atomic E-state index is 13.7. The van der Waals surface area contributed by atoms with Crippen molar-refractivity contribution in [3.63, 3.8) is 0 Å². The van der Waals surface area contributed by atoms with E-state index in [2.05, 4.69) is 0 Å². The van der Waals surface area contributed by atoms with Crippen LogP contribution in [0.3, 0.4) is 0 Å². The molecule has 4 nitrogen and oxygen atoms in total. The largest absolute Gasteiger partial charge is 0.339 e. The predicted molar refractivity (Wildman–Crippen MR) is 82.9 cm³/mol. The predicted octanol–water partition coefficient (Wildman–Crippen LogP) is 2.69. The number of amides is 2. The third-order valence-corrected chi connectivity index (χ3v) is 4.37. The number of carbonyl (C=O) groups is 2. The van der Waals surface area contributed by atoms with Gasteiger partial charge in [-0.1, -0.05) is 13.8 Å². The van der Waals surface area contributed by atoms with Crippen molar-refractivity contribution in [2.24, 2.45) is 5.92 Å². The number of benzene rings is 1. The molecule has 0 saturated carbocycles. The smallest absolute Gasteiger partial charge is 0.256 e. The van der Waals surface area contributed by atoms with Crippen molar-refractivity contribution >= 4 is 11.8 Å². The van der Waals surface area contributed by atoms with Crippen LogP contribution in [0.5, 0.6) is 0 Å². The Labute approximate surface area is 135 Å². The van der Waals surface area contributed by atoms with Crippen molar-refractivity contribution in [2.75, 3.05) is 26.2 Å². The number of piperazine rings is 1. The molecular formula is C17H22F2N2O2. The highest BCUT2D eigenvalue weighted by molar-refractivity contribution is 5.94. The lowest BCUT2D eigenvalue weighted by Gasteiger charge is -2.36. The maximum Gasteiger partial charge on any atom is 0.256 e. The van der Waals surface area contributed by atoms with Crippen molar-refractivity contribution < 1.29 is 18.4 Å². The van der Waals surface area contributed by atoms with Gasteiger partial charge in [0.2, 0.25) is 5.91 Å². The molecule has 23 heavy (non-hydrogen) atoms. The van der Waals surface area contributed by atoms with E-state index in [-0.39, 0.29) is 17.4 Å². The fourth-order valence-corrected chi connectivity index (χ4v) is 2.86. The van der Waals surface area contributed by atoms with Crippen LogP contribution in [0, 0.1) is 17.6 Å². The Morgan fingerprint density at radius 1 is 1.04 bits per heavy atom. The van der Waals surface area contributed by atoms with E-state index >= 15 is 0 Å². The summed E-state index contributed by atoms with van der Waals surface area (Å²) in [6, 6.07) is 2.94. The Morgan fingerprint density at radius 3 is 2.13 bits per heavy atom. The average Bonchev–Trinajstić information content (AvgIpc) is 2.55. The second-order valence-corrected chi connectivity index (χ2v) is 5.76. The highest BCUT2D eigenvalue weighted by Crippen LogP contribution is 2.17. The average molecular weight is 324 g/mol. The van der Waals surface area contributed by atoms with Gasteiger partial charge in [-0.3, -0.25) is 9.59 Å². The molecule has 6 heteroatoms. The minimum atomic E-state index is -0.856. The van der Waals surface area contributed by atoms with Crippen LogP contribution in [-0.2, 0) is 4.79 Å². The molecule has 1 saturated heterocycles. The van der Waals surface area contributed by atoms with Gasteiger partial charge in [0.05, 0.1) is 5.56 Å². The summed E-state index contributed by atoms with van der Waals surface area (Å²) in [6.07, 6.45) is 1.60. The van der Waals surface area contributed by atoms with Crippen LogP contribution in [0.2, 0.25) is 0 Å². The van der Waals surface area contributed by atoms with Crippen LogP contribution in [0.1, 0.15) is 37.0 Å². The summed E-state index contributed by atoms with van der Waals surface area (Å²) in [5.41, 5.74) is -0.133. The van der Waals surface area contributed by atoms with E-state index < -0.39 is 17.5 Å². The van der Waals surface area contributed by atoms with Crippen molar-refractivity contribution in [3.05, 3.63) is 35.4 Å². The summed E-state index contributed by atoms with van der Waals surface area (Å²) >= 11 is 0. The SMILES string of the molecule is CCC(CC)C(=O)N1CCN(C(=O)c2ccc(F)cc2F)CC1. The molecule has 0 aromatic heterocycles. The highest BCUT2D eigenvalue weighted by Gasteiger charge is 2.28. The Kier molecular flexibility index (Phi) is 5.69. The van der Waals surface area contributed by atoms with E-state index in [1.165, 1.54) is 4.90 Å². The molecule has 1 aliphatic rings. The van der Waals surface area contributed by atoms with Gasteiger partial charge < -0.3 is 9.80 Å². The highest BCUT2D eigenvalue weighted by atomic mass is 19.1. The lowest BCUT2D eigenvalue weighted by Crippen LogP contribution is -2.52. The minimum Gasteiger partial charge on any atom is -0.339 e. The second-order valence-electron chi connectivity index (χ2n) is 5.76. The molecule has 1 fully saturated rings. The molecule has 0 aliphatic carbocycles. The van der Waals surface area contributed by atoms with Gasteiger partial charge in [0.25, 0.3) is 5.91 Å². The van der Waals surface area contributed by atoms with E-state index in [9.17, 15) is 18.4 Å². The van der Waals surface area contributed by atoms with Gasteiger partial charge in [0.15, 0.2) is 0 Å². The van der Waals surface area contributed by atoms with E-state index in [4.69, 9.17) is 0 Å². The molecule has 0 unspecified atom stereocenters. The molecule has 0 spiro atoms. The van der Waals surface area contributed by atoms with Crippen LogP contribution in [0.4, 0.5) is 8.78 Å². The summed E-state index contributed by atoms with van der Waals surface area (Å²) in [7, 11) is 0. The summed E-state index contributed by atoms with van der Waals surface area (Å²) in [5, 5.41) is 0. The third-order valence-electron chi connectivity index (χ3n) is 4.37. The molecule has 0 N–H and O–H groups in total. The number of hydrogen-bond acceptors (Lipinski definition) is 2. The van der Waals surface area contributed by atoms with Crippen LogP contribution in [0.15, 0.2) is 18.2 Å². The molecule has 0 bridgehead atoms. The van der Waals surface area contributed by atoms with Gasteiger partial charge in [-0.05, 0) is 25.0 Å². The van der Waals surface area contributed by atoms with Crippen molar-refractivity contribution in [1.82, 2.24) is 9.80 Å². The van der Waals surface area contributed by atoms with Gasteiger partial charge in [-0.25, -0.2) is 8.78 Å². The summed E-state index contributed by atoms with van der Waals surface area (Å²) in [6.45, 7) is 5.60. The number of hydrogen-bond donors (Lipinski definition) is 0. The zero-order valence-electron chi connectivity index (χ0n) is 13.5. The molecule has 1 aromatic carbocycles. The number of nitrogens with zero attached hydrogens (tertiary/aromatic N) is 2. The van der Waals surface area contributed by atoms with Crippen LogP contribution >= 0.6 is 0 Å². The maximum atomic E-state index is 13.7. The van der Waals surface area contributed by atoms with E-state index in [1.807, 2.05) is 13.8 Å². The van der Waals surface area contributed by atoms with Gasteiger partial charge in [0.1, 0.15) is 11.6 Å². The van der Waals surface area contributed by atoms with Crippen molar-refractivity contribution in [1.29, 1.82) is 0 Å². The third kappa shape index (κ3) is 3.86. The topological polar surface area (TPSA) is 40.6 Å². The van der Waals surface area contributed by atoms with Crippen LogP contribution in [-0.4, -0.2) is 47.8 Å². The second kappa shape index (κ2) is 7.53. The van der Waals surface area contributed by atoms with Crippen molar-refractivity contribution in [2.45, 2.75) is 26.7 Å². The molecule has 2 amide bonds. The van der Waals surface area contributed by atoms with Crippen molar-refractivity contribution in [3.8, 4) is 0 Å². The van der Waals surface area contributed by atoms with Gasteiger partial charge in [-0.2, -0.15) is 0 Å². The van der Waals surface area contributed by atoms with Crippen LogP contribution in [0.25, 0.3) is 0 Å². The number of halogens is 2. The first kappa shape index (κ1) is 17.4.